The summed E-state index contributed by atoms with van der Waals surface area (Å²) in [6, 6.07) is 3.33. The molecule has 1 N–H and O–H groups in total. The molecule has 9 heteroatoms. The Morgan fingerprint density at radius 2 is 2.15 bits per heavy atom. The lowest BCUT2D eigenvalue weighted by Gasteiger charge is -2.30. The molecule has 26 heavy (non-hydrogen) atoms. The molecule has 0 saturated carbocycles. The van der Waals surface area contributed by atoms with Crippen LogP contribution in [0.5, 0.6) is 0 Å². The summed E-state index contributed by atoms with van der Waals surface area (Å²) in [5.74, 6) is -0.353. The van der Waals surface area contributed by atoms with E-state index >= 15 is 0 Å². The van der Waals surface area contributed by atoms with Gasteiger partial charge in [0.2, 0.25) is 5.91 Å². The minimum Gasteiger partial charge on any atom is -0.381 e. The lowest BCUT2D eigenvalue weighted by molar-refractivity contribution is -0.126. The van der Waals surface area contributed by atoms with E-state index in [1.807, 2.05) is 0 Å². The zero-order chi connectivity index (χ0) is 19.0. The molecule has 6 nitrogen and oxygen atoms in total. The first-order chi connectivity index (χ1) is 12.4. The second kappa shape index (κ2) is 10.8. The van der Waals surface area contributed by atoms with Gasteiger partial charge in [0.1, 0.15) is 4.21 Å². The summed E-state index contributed by atoms with van der Waals surface area (Å²) in [6.07, 6.45) is 4.36. The van der Waals surface area contributed by atoms with Crippen molar-refractivity contribution in [2.75, 3.05) is 32.8 Å². The van der Waals surface area contributed by atoms with E-state index in [-0.39, 0.29) is 18.4 Å². The van der Waals surface area contributed by atoms with Crippen LogP contribution in [0.1, 0.15) is 39.0 Å². The minimum atomic E-state index is -3.52. The van der Waals surface area contributed by atoms with Gasteiger partial charge in [0, 0.05) is 32.8 Å². The molecule has 1 atom stereocenters. The fourth-order valence-electron chi connectivity index (χ4n) is 2.82. The molecule has 2 rings (SSSR count). The number of thiophene rings is 1. The van der Waals surface area contributed by atoms with Crippen LogP contribution in [0, 0.1) is 5.92 Å². The van der Waals surface area contributed by atoms with Gasteiger partial charge in [0.05, 0.1) is 9.70 Å². The summed E-state index contributed by atoms with van der Waals surface area (Å²) in [7, 11) is -3.52. The molecule has 0 spiro atoms. The number of hydrogen-bond donors (Lipinski definition) is 1. The minimum absolute atomic E-state index is 0.0641. The number of hydrogen-bond acceptors (Lipinski definition) is 5. The highest BCUT2D eigenvalue weighted by atomic mass is 79.9. The van der Waals surface area contributed by atoms with E-state index in [1.54, 1.807) is 12.1 Å². The maximum absolute atomic E-state index is 12.7. The number of sulfonamides is 1. The Labute approximate surface area is 168 Å². The van der Waals surface area contributed by atoms with E-state index in [4.69, 9.17) is 4.74 Å². The van der Waals surface area contributed by atoms with Gasteiger partial charge in [-0.25, -0.2) is 8.42 Å². The SMILES string of the molecule is CCCCOCCCNC(=O)C1CCCN(S(=O)(=O)c2ccc(Br)s2)C1. The van der Waals surface area contributed by atoms with E-state index < -0.39 is 10.0 Å². The molecule has 1 aromatic heterocycles. The van der Waals surface area contributed by atoms with Gasteiger partial charge in [-0.15, -0.1) is 11.3 Å². The smallest absolute Gasteiger partial charge is 0.252 e. The number of carbonyl (C=O) groups excluding carboxylic acids is 1. The Kier molecular flexibility index (Phi) is 9.02. The first-order valence-electron chi connectivity index (χ1n) is 9.06. The Bertz CT molecular complexity index is 678. The molecule has 1 unspecified atom stereocenters. The van der Waals surface area contributed by atoms with Crippen molar-refractivity contribution in [1.82, 2.24) is 9.62 Å². The third-order valence-corrected chi connectivity index (χ3v) is 8.26. The van der Waals surface area contributed by atoms with Crippen LogP contribution in [0.2, 0.25) is 0 Å². The molecule has 1 fully saturated rings. The molecular weight excluding hydrogens is 440 g/mol. The van der Waals surface area contributed by atoms with Crippen molar-refractivity contribution in [1.29, 1.82) is 0 Å². The van der Waals surface area contributed by atoms with Crippen LogP contribution in [0.25, 0.3) is 0 Å². The highest BCUT2D eigenvalue weighted by Crippen LogP contribution is 2.30. The van der Waals surface area contributed by atoms with Crippen molar-refractivity contribution < 1.29 is 17.9 Å². The van der Waals surface area contributed by atoms with Gasteiger partial charge >= 0.3 is 0 Å². The van der Waals surface area contributed by atoms with Crippen LogP contribution < -0.4 is 5.32 Å². The summed E-state index contributed by atoms with van der Waals surface area (Å²) in [5.41, 5.74) is 0. The van der Waals surface area contributed by atoms with E-state index in [0.717, 1.165) is 36.1 Å². The zero-order valence-electron chi connectivity index (χ0n) is 15.1. The first kappa shape index (κ1) is 21.8. The summed E-state index contributed by atoms with van der Waals surface area (Å²) in [5, 5.41) is 2.91. The van der Waals surface area contributed by atoms with Crippen LogP contribution in [-0.2, 0) is 19.6 Å². The number of nitrogens with one attached hydrogen (secondary N) is 1. The van der Waals surface area contributed by atoms with Crippen molar-refractivity contribution in [2.24, 2.45) is 5.92 Å². The predicted octanol–water partition coefficient (Wildman–Crippen LogP) is 3.23. The molecular formula is C17H27BrN2O4S2. The zero-order valence-corrected chi connectivity index (χ0v) is 18.3. The molecule has 0 radical (unpaired) electrons. The van der Waals surface area contributed by atoms with Gasteiger partial charge in [-0.3, -0.25) is 4.79 Å². The Morgan fingerprint density at radius 1 is 1.38 bits per heavy atom. The van der Waals surface area contributed by atoms with Crippen molar-refractivity contribution in [3.63, 3.8) is 0 Å². The van der Waals surface area contributed by atoms with E-state index in [1.165, 1.54) is 15.6 Å². The predicted molar refractivity (Wildman–Crippen MR) is 107 cm³/mol. The average molecular weight is 467 g/mol. The third kappa shape index (κ3) is 6.30. The van der Waals surface area contributed by atoms with Crippen LogP contribution in [0.15, 0.2) is 20.1 Å². The largest absolute Gasteiger partial charge is 0.381 e. The van der Waals surface area contributed by atoms with E-state index in [9.17, 15) is 13.2 Å². The first-order valence-corrected chi connectivity index (χ1v) is 12.1. The molecule has 1 aromatic rings. The van der Waals surface area contributed by atoms with Gasteiger partial charge in [-0.05, 0) is 53.7 Å². The fourth-order valence-corrected chi connectivity index (χ4v) is 6.51. The molecule has 0 bridgehead atoms. The standard InChI is InChI=1S/C17H27BrN2O4S2/c1-2-3-11-24-12-5-9-19-17(21)14-6-4-10-20(13-14)26(22,23)16-8-7-15(18)25-16/h7-8,14H,2-6,9-13H2,1H3,(H,19,21). The molecule has 1 saturated heterocycles. The monoisotopic (exact) mass is 466 g/mol. The Morgan fingerprint density at radius 3 is 2.85 bits per heavy atom. The third-order valence-electron chi connectivity index (χ3n) is 4.30. The number of piperidine rings is 1. The second-order valence-electron chi connectivity index (χ2n) is 6.37. The highest BCUT2D eigenvalue weighted by Gasteiger charge is 2.33. The normalized spacial score (nSPS) is 18.8. The summed E-state index contributed by atoms with van der Waals surface area (Å²) in [6.45, 7) is 4.79. The van der Waals surface area contributed by atoms with Crippen LogP contribution in [0.3, 0.4) is 0 Å². The number of unbranched alkanes of at least 4 members (excludes halogenated alkanes) is 1. The lowest BCUT2D eigenvalue weighted by Crippen LogP contribution is -2.45. The summed E-state index contributed by atoms with van der Waals surface area (Å²) in [4.78, 5) is 12.4. The lowest BCUT2D eigenvalue weighted by atomic mass is 9.99. The maximum atomic E-state index is 12.7. The molecule has 0 aromatic carbocycles. The van der Waals surface area contributed by atoms with Crippen LogP contribution in [-0.4, -0.2) is 51.5 Å². The summed E-state index contributed by atoms with van der Waals surface area (Å²) < 4.78 is 33.4. The topological polar surface area (TPSA) is 75.7 Å². The molecule has 1 amide bonds. The molecule has 1 aliphatic rings. The summed E-state index contributed by atoms with van der Waals surface area (Å²) >= 11 is 4.50. The fraction of sp³-hybridized carbons (Fsp3) is 0.706. The van der Waals surface area contributed by atoms with E-state index in [2.05, 4.69) is 28.2 Å². The average Bonchev–Trinajstić information content (AvgIpc) is 3.08. The van der Waals surface area contributed by atoms with Gasteiger partial charge in [0.15, 0.2) is 0 Å². The maximum Gasteiger partial charge on any atom is 0.252 e. The van der Waals surface area contributed by atoms with Gasteiger partial charge in [-0.2, -0.15) is 4.31 Å². The molecule has 1 aliphatic heterocycles. The van der Waals surface area contributed by atoms with Crippen molar-refractivity contribution >= 4 is 43.2 Å². The Hall–Kier alpha value is -0.480. The number of carbonyl (C=O) groups is 1. The van der Waals surface area contributed by atoms with Gasteiger partial charge < -0.3 is 10.1 Å². The van der Waals surface area contributed by atoms with Crippen molar-refractivity contribution in [2.45, 2.75) is 43.2 Å². The van der Waals surface area contributed by atoms with Crippen LogP contribution in [0.4, 0.5) is 0 Å². The van der Waals surface area contributed by atoms with Crippen LogP contribution >= 0.6 is 27.3 Å². The highest BCUT2D eigenvalue weighted by molar-refractivity contribution is 9.11. The van der Waals surface area contributed by atoms with E-state index in [0.29, 0.717) is 30.3 Å². The molecule has 0 aliphatic carbocycles. The van der Waals surface area contributed by atoms with Crippen molar-refractivity contribution in [3.05, 3.63) is 15.9 Å². The Balaban J connectivity index is 1.79. The number of ether oxygens (including phenoxy) is 1. The second-order valence-corrected chi connectivity index (χ2v) is 11.0. The number of amides is 1. The number of halogens is 1. The van der Waals surface area contributed by atoms with Crippen molar-refractivity contribution in [3.8, 4) is 0 Å². The number of nitrogens with zero attached hydrogens (tertiary/aromatic N) is 1. The van der Waals surface area contributed by atoms with Gasteiger partial charge in [0.25, 0.3) is 10.0 Å². The number of rotatable bonds is 10. The molecule has 2 heterocycles. The molecule has 148 valence electrons. The van der Waals surface area contributed by atoms with Gasteiger partial charge in [-0.1, -0.05) is 13.3 Å². The quantitative estimate of drug-likeness (QED) is 0.536.